The fourth-order valence-electron chi connectivity index (χ4n) is 2.15. The van der Waals surface area contributed by atoms with Crippen LogP contribution in [0.3, 0.4) is 0 Å². The van der Waals surface area contributed by atoms with Gasteiger partial charge in [-0.2, -0.15) is 0 Å². The third-order valence-corrected chi connectivity index (χ3v) is 5.57. The SMILES string of the molecule is CN=S(=O)(/C=C/[C@@H](C)[C@@H](O)c1ccccc1)c1ccccc1. The van der Waals surface area contributed by atoms with Crippen LogP contribution in [0, 0.1) is 5.92 Å². The monoisotopic (exact) mass is 315 g/mol. The summed E-state index contributed by atoms with van der Waals surface area (Å²) < 4.78 is 16.9. The van der Waals surface area contributed by atoms with Crippen molar-refractivity contribution < 1.29 is 9.32 Å². The van der Waals surface area contributed by atoms with Gasteiger partial charge in [0.05, 0.1) is 20.7 Å². The van der Waals surface area contributed by atoms with E-state index in [4.69, 9.17) is 0 Å². The normalized spacial score (nSPS) is 16.9. The minimum atomic E-state index is -2.58. The van der Waals surface area contributed by atoms with Crippen LogP contribution in [-0.4, -0.2) is 16.4 Å². The van der Waals surface area contributed by atoms with E-state index in [9.17, 15) is 9.32 Å². The van der Waals surface area contributed by atoms with E-state index in [0.29, 0.717) is 4.90 Å². The molecule has 1 N–H and O–H groups in total. The molecule has 0 aliphatic heterocycles. The van der Waals surface area contributed by atoms with E-state index in [0.717, 1.165) is 5.56 Å². The van der Waals surface area contributed by atoms with Gasteiger partial charge in [0, 0.05) is 18.4 Å². The minimum absolute atomic E-state index is 0.159. The van der Waals surface area contributed by atoms with Gasteiger partial charge in [0.25, 0.3) is 0 Å². The lowest BCUT2D eigenvalue weighted by molar-refractivity contribution is 0.140. The van der Waals surface area contributed by atoms with Crippen molar-refractivity contribution in [1.82, 2.24) is 0 Å². The van der Waals surface area contributed by atoms with Gasteiger partial charge in [-0.05, 0) is 17.7 Å². The Bertz CT molecular complexity index is 732. The second-order valence-corrected chi connectivity index (χ2v) is 7.35. The molecule has 22 heavy (non-hydrogen) atoms. The average molecular weight is 315 g/mol. The summed E-state index contributed by atoms with van der Waals surface area (Å²) in [6, 6.07) is 18.6. The molecule has 3 nitrogen and oxygen atoms in total. The van der Waals surface area contributed by atoms with Crippen LogP contribution in [0.2, 0.25) is 0 Å². The third-order valence-electron chi connectivity index (χ3n) is 3.56. The Morgan fingerprint density at radius 3 is 2.14 bits per heavy atom. The number of nitrogens with zero attached hydrogens (tertiary/aromatic N) is 1. The zero-order valence-electron chi connectivity index (χ0n) is 12.8. The first-order valence-electron chi connectivity index (χ1n) is 7.18. The summed E-state index contributed by atoms with van der Waals surface area (Å²) in [6.07, 6.45) is 1.15. The van der Waals surface area contributed by atoms with Gasteiger partial charge in [0.1, 0.15) is 0 Å². The molecule has 1 unspecified atom stereocenters. The summed E-state index contributed by atoms with van der Waals surface area (Å²) in [5.41, 5.74) is 0.847. The Kier molecular flexibility index (Phi) is 5.52. The lowest BCUT2D eigenvalue weighted by Crippen LogP contribution is -2.07. The van der Waals surface area contributed by atoms with Gasteiger partial charge in [0.2, 0.25) is 0 Å². The number of aliphatic hydroxyl groups is 1. The molecule has 0 saturated heterocycles. The Labute approximate surface area is 132 Å². The Balaban J connectivity index is 2.21. The van der Waals surface area contributed by atoms with E-state index in [1.165, 1.54) is 0 Å². The first-order valence-corrected chi connectivity index (χ1v) is 8.76. The third kappa shape index (κ3) is 3.84. The van der Waals surface area contributed by atoms with Crippen molar-refractivity contribution >= 4 is 9.73 Å². The number of benzene rings is 2. The highest BCUT2D eigenvalue weighted by atomic mass is 32.2. The van der Waals surface area contributed by atoms with Gasteiger partial charge >= 0.3 is 0 Å². The molecular formula is C18H21NO2S. The van der Waals surface area contributed by atoms with Crippen LogP contribution in [0.5, 0.6) is 0 Å². The van der Waals surface area contributed by atoms with E-state index in [1.807, 2.05) is 55.5 Å². The molecule has 0 fully saturated rings. The molecule has 0 spiro atoms. The van der Waals surface area contributed by atoms with E-state index in [2.05, 4.69) is 4.36 Å². The molecule has 116 valence electrons. The minimum Gasteiger partial charge on any atom is -0.388 e. The van der Waals surface area contributed by atoms with Gasteiger partial charge < -0.3 is 5.11 Å². The molecule has 0 saturated carbocycles. The highest BCUT2D eigenvalue weighted by Crippen LogP contribution is 2.24. The molecule has 0 bridgehead atoms. The quantitative estimate of drug-likeness (QED) is 0.905. The van der Waals surface area contributed by atoms with Gasteiger partial charge in [0.15, 0.2) is 0 Å². The lowest BCUT2D eigenvalue weighted by Gasteiger charge is -2.16. The second kappa shape index (κ2) is 7.38. The van der Waals surface area contributed by atoms with Gasteiger partial charge in [-0.3, -0.25) is 0 Å². The molecule has 2 aromatic carbocycles. The van der Waals surface area contributed by atoms with Crippen LogP contribution in [-0.2, 0) is 9.73 Å². The molecule has 4 heteroatoms. The first kappa shape index (κ1) is 16.5. The summed E-state index contributed by atoms with van der Waals surface area (Å²) in [4.78, 5) is 0.676. The Hall–Kier alpha value is -1.91. The Morgan fingerprint density at radius 1 is 1.05 bits per heavy atom. The summed E-state index contributed by atoms with van der Waals surface area (Å²) in [5, 5.41) is 12.0. The number of hydrogen-bond acceptors (Lipinski definition) is 3. The van der Waals surface area contributed by atoms with Crippen LogP contribution in [0.15, 0.2) is 81.4 Å². The molecule has 0 radical (unpaired) electrons. The van der Waals surface area contributed by atoms with Crippen molar-refractivity contribution in [3.63, 3.8) is 0 Å². The second-order valence-electron chi connectivity index (χ2n) is 5.11. The molecule has 0 heterocycles. The zero-order valence-corrected chi connectivity index (χ0v) is 13.6. The highest BCUT2D eigenvalue weighted by Gasteiger charge is 2.15. The standard InChI is InChI=1S/C18H21NO2S/c1-15(18(20)16-9-5-3-6-10-16)13-14-22(21,19-2)17-11-7-4-8-12-17/h3-15,18,20H,1-2H3/b14-13+/t15-,18-,22?/m1/s1. The topological polar surface area (TPSA) is 49.7 Å². The predicted molar refractivity (Wildman–Crippen MR) is 90.9 cm³/mol. The molecule has 3 atom stereocenters. The smallest absolute Gasteiger partial charge is 0.0963 e. The maximum Gasteiger partial charge on any atom is 0.0963 e. The Morgan fingerprint density at radius 2 is 1.59 bits per heavy atom. The van der Waals surface area contributed by atoms with E-state index in [1.54, 1.807) is 30.7 Å². The maximum atomic E-state index is 12.9. The maximum absolute atomic E-state index is 12.9. The van der Waals surface area contributed by atoms with Crippen LogP contribution >= 0.6 is 0 Å². The van der Waals surface area contributed by atoms with Crippen molar-refractivity contribution in [2.75, 3.05) is 7.05 Å². The van der Waals surface area contributed by atoms with E-state index < -0.39 is 15.8 Å². The molecule has 0 amide bonds. The molecule has 2 aromatic rings. The molecule has 0 aliphatic rings. The highest BCUT2D eigenvalue weighted by molar-refractivity contribution is 7.96. The summed E-state index contributed by atoms with van der Waals surface area (Å²) >= 11 is 0. The summed E-state index contributed by atoms with van der Waals surface area (Å²) in [5.74, 6) is -0.159. The number of rotatable bonds is 5. The van der Waals surface area contributed by atoms with Crippen LogP contribution < -0.4 is 0 Å². The summed E-state index contributed by atoms with van der Waals surface area (Å²) in [6.45, 7) is 1.90. The van der Waals surface area contributed by atoms with Gasteiger partial charge in [-0.1, -0.05) is 61.5 Å². The van der Waals surface area contributed by atoms with Crippen molar-refractivity contribution in [1.29, 1.82) is 0 Å². The molecule has 2 rings (SSSR count). The van der Waals surface area contributed by atoms with Gasteiger partial charge in [-0.15, -0.1) is 0 Å². The zero-order chi connectivity index (χ0) is 16.0. The summed E-state index contributed by atoms with van der Waals surface area (Å²) in [7, 11) is -1.03. The van der Waals surface area contributed by atoms with E-state index >= 15 is 0 Å². The molecule has 0 aromatic heterocycles. The fraction of sp³-hybridized carbons (Fsp3) is 0.222. The van der Waals surface area contributed by atoms with Crippen molar-refractivity contribution in [2.45, 2.75) is 17.9 Å². The predicted octanol–water partition coefficient (Wildman–Crippen LogP) is 4.03. The van der Waals surface area contributed by atoms with E-state index in [-0.39, 0.29) is 5.92 Å². The van der Waals surface area contributed by atoms with Crippen molar-refractivity contribution in [3.8, 4) is 0 Å². The van der Waals surface area contributed by atoms with Crippen LogP contribution in [0.1, 0.15) is 18.6 Å². The van der Waals surface area contributed by atoms with Crippen LogP contribution in [0.25, 0.3) is 0 Å². The van der Waals surface area contributed by atoms with Crippen molar-refractivity contribution in [3.05, 3.63) is 77.7 Å². The fourth-order valence-corrected chi connectivity index (χ4v) is 3.65. The average Bonchev–Trinajstić information content (AvgIpc) is 2.60. The number of aliphatic hydroxyl groups excluding tert-OH is 1. The molecule has 0 aliphatic carbocycles. The van der Waals surface area contributed by atoms with Gasteiger partial charge in [-0.25, -0.2) is 8.57 Å². The molecular weight excluding hydrogens is 294 g/mol. The van der Waals surface area contributed by atoms with Crippen LogP contribution in [0.4, 0.5) is 0 Å². The largest absolute Gasteiger partial charge is 0.388 e. The number of hydrogen-bond donors (Lipinski definition) is 1. The van der Waals surface area contributed by atoms with Crippen molar-refractivity contribution in [2.24, 2.45) is 10.3 Å². The first-order chi connectivity index (χ1) is 10.6. The lowest BCUT2D eigenvalue weighted by atomic mass is 9.98.